The number of carbonyl (C=O) groups is 1. The van der Waals surface area contributed by atoms with Gasteiger partial charge in [0.05, 0.1) is 6.20 Å². The molecule has 0 spiro atoms. The highest BCUT2D eigenvalue weighted by atomic mass is 16.5. The van der Waals surface area contributed by atoms with E-state index in [9.17, 15) is 4.79 Å². The summed E-state index contributed by atoms with van der Waals surface area (Å²) in [6, 6.07) is 12.1. The van der Waals surface area contributed by atoms with Crippen molar-refractivity contribution in [3.63, 3.8) is 0 Å². The predicted molar refractivity (Wildman–Crippen MR) is 104 cm³/mol. The number of rotatable bonds is 5. The average molecular weight is 380 g/mol. The third kappa shape index (κ3) is 4.49. The molecule has 8 nitrogen and oxygen atoms in total. The summed E-state index contributed by atoms with van der Waals surface area (Å²) in [6.07, 6.45) is 6.86. The van der Waals surface area contributed by atoms with Crippen molar-refractivity contribution in [2.24, 2.45) is 4.99 Å². The van der Waals surface area contributed by atoms with Crippen LogP contribution in [0.4, 0.5) is 0 Å². The van der Waals surface area contributed by atoms with Crippen LogP contribution < -0.4 is 16.0 Å². The number of carbonyl (C=O) groups excluding carboxylic acids is 1. The standard InChI is InChI=1S/C20H24N6O2/c1-22-19(24-14-21)26-16-7-10-20(11-8-16,15-5-3-2-4-6-15)13-23-18(27)17-9-12-25-28-17/h2-6,9,12,16H,7-8,10-11,13H2,1H3,(H,23,27)(H2,22,24,26)/t16-,20-. The summed E-state index contributed by atoms with van der Waals surface area (Å²) in [7, 11) is 1.74. The Morgan fingerprint density at radius 2 is 2.07 bits per heavy atom. The highest BCUT2D eigenvalue weighted by molar-refractivity contribution is 5.91. The molecule has 1 amide bonds. The molecule has 1 aromatic heterocycles. The zero-order valence-corrected chi connectivity index (χ0v) is 15.8. The fraction of sp³-hybridized carbons (Fsp3) is 0.400. The summed E-state index contributed by atoms with van der Waals surface area (Å²) in [5.74, 6) is 0.440. The molecule has 0 unspecified atom stereocenters. The maximum atomic E-state index is 12.3. The van der Waals surface area contributed by atoms with Gasteiger partial charge in [-0.1, -0.05) is 35.5 Å². The molecule has 146 valence electrons. The molecule has 0 bridgehead atoms. The minimum atomic E-state index is -0.258. The van der Waals surface area contributed by atoms with Gasteiger partial charge in [0.2, 0.25) is 17.9 Å². The lowest BCUT2D eigenvalue weighted by Gasteiger charge is -2.41. The van der Waals surface area contributed by atoms with Crippen molar-refractivity contribution < 1.29 is 9.32 Å². The molecular weight excluding hydrogens is 356 g/mol. The Kier molecular flexibility index (Phi) is 6.27. The molecule has 1 aliphatic rings. The number of hydrogen-bond donors (Lipinski definition) is 3. The van der Waals surface area contributed by atoms with Crippen molar-refractivity contribution in [3.05, 3.63) is 53.9 Å². The van der Waals surface area contributed by atoms with Gasteiger partial charge in [-0.3, -0.25) is 4.79 Å². The number of amides is 1. The van der Waals surface area contributed by atoms with Crippen LogP contribution in [0.1, 0.15) is 41.8 Å². The summed E-state index contributed by atoms with van der Waals surface area (Å²) in [6.45, 7) is 0.522. The number of benzene rings is 1. The number of aliphatic imine (C=N–C) groups is 1. The van der Waals surface area contributed by atoms with Crippen LogP contribution in [0.3, 0.4) is 0 Å². The van der Waals surface area contributed by atoms with Crippen LogP contribution in [0.2, 0.25) is 0 Å². The molecule has 1 saturated carbocycles. The van der Waals surface area contributed by atoms with Gasteiger partial charge in [-0.25, -0.2) is 0 Å². The molecular formula is C20H24N6O2. The van der Waals surface area contributed by atoms with Crippen molar-refractivity contribution in [3.8, 4) is 6.19 Å². The smallest absolute Gasteiger partial charge is 0.289 e. The lowest BCUT2D eigenvalue weighted by atomic mass is 9.68. The van der Waals surface area contributed by atoms with Gasteiger partial charge in [0.15, 0.2) is 0 Å². The highest BCUT2D eigenvalue weighted by Crippen LogP contribution is 2.39. The molecule has 2 aromatic rings. The maximum absolute atomic E-state index is 12.3. The Bertz CT molecular complexity index is 833. The number of aromatic nitrogens is 1. The molecule has 3 rings (SSSR count). The van der Waals surface area contributed by atoms with E-state index in [1.54, 1.807) is 19.3 Å². The molecule has 28 heavy (non-hydrogen) atoms. The van der Waals surface area contributed by atoms with Crippen molar-refractivity contribution in [1.29, 1.82) is 5.26 Å². The van der Waals surface area contributed by atoms with Gasteiger partial charge < -0.3 is 20.5 Å². The van der Waals surface area contributed by atoms with Gasteiger partial charge in [0, 0.05) is 31.1 Å². The van der Waals surface area contributed by atoms with Crippen LogP contribution in [0.5, 0.6) is 0 Å². The van der Waals surface area contributed by atoms with Crippen molar-refractivity contribution in [2.45, 2.75) is 37.1 Å². The van der Waals surface area contributed by atoms with E-state index in [0.717, 1.165) is 25.7 Å². The Hall–Kier alpha value is -3.34. The zero-order chi connectivity index (χ0) is 19.8. The maximum Gasteiger partial charge on any atom is 0.289 e. The topological polar surface area (TPSA) is 115 Å². The van der Waals surface area contributed by atoms with E-state index in [2.05, 4.69) is 38.2 Å². The number of nitriles is 1. The molecule has 8 heteroatoms. The Balaban J connectivity index is 1.70. The lowest BCUT2D eigenvalue weighted by molar-refractivity contribution is 0.0898. The van der Waals surface area contributed by atoms with E-state index in [4.69, 9.17) is 9.78 Å². The summed E-state index contributed by atoms with van der Waals surface area (Å²) >= 11 is 0. The van der Waals surface area contributed by atoms with E-state index in [1.165, 1.54) is 11.8 Å². The van der Waals surface area contributed by atoms with Gasteiger partial charge in [0.25, 0.3) is 5.91 Å². The second-order valence-corrected chi connectivity index (χ2v) is 6.93. The fourth-order valence-electron chi connectivity index (χ4n) is 3.75. The molecule has 0 saturated heterocycles. The van der Waals surface area contributed by atoms with E-state index in [0.29, 0.717) is 12.5 Å². The minimum absolute atomic E-state index is 0.151. The first-order valence-electron chi connectivity index (χ1n) is 9.32. The van der Waals surface area contributed by atoms with Crippen molar-refractivity contribution in [2.75, 3.05) is 13.6 Å². The molecule has 1 heterocycles. The second kappa shape index (κ2) is 9.04. The van der Waals surface area contributed by atoms with Gasteiger partial charge in [-0.15, -0.1) is 4.99 Å². The van der Waals surface area contributed by atoms with Gasteiger partial charge in [0.1, 0.15) is 0 Å². The first-order chi connectivity index (χ1) is 13.7. The highest BCUT2D eigenvalue weighted by Gasteiger charge is 2.37. The number of guanidine groups is 1. The van der Waals surface area contributed by atoms with Gasteiger partial charge in [-0.2, -0.15) is 5.26 Å². The summed E-state index contributed by atoms with van der Waals surface area (Å²) in [4.78, 5) is 16.1. The van der Waals surface area contributed by atoms with Crippen LogP contribution in [0.15, 0.2) is 52.1 Å². The third-order valence-corrected chi connectivity index (χ3v) is 5.32. The van der Waals surface area contributed by atoms with Crippen LogP contribution in [-0.4, -0.2) is 36.7 Å². The SMILES string of the molecule is CN/C(=N\C#N)N[C@H]1CC[C@](CNC(=O)c2ccno2)(c2ccccc2)CC1. The molecule has 1 aliphatic carbocycles. The minimum Gasteiger partial charge on any atom is -0.359 e. The summed E-state index contributed by atoms with van der Waals surface area (Å²) < 4.78 is 4.95. The quantitative estimate of drug-likeness (QED) is 0.415. The zero-order valence-electron chi connectivity index (χ0n) is 15.8. The van der Waals surface area contributed by atoms with Crippen LogP contribution >= 0.6 is 0 Å². The number of hydrogen-bond acceptors (Lipinski definition) is 5. The average Bonchev–Trinajstić information content (AvgIpc) is 3.28. The number of nitrogens with zero attached hydrogens (tertiary/aromatic N) is 3. The second-order valence-electron chi connectivity index (χ2n) is 6.93. The predicted octanol–water partition coefficient (Wildman–Crippen LogP) is 1.93. The lowest BCUT2D eigenvalue weighted by Crippen LogP contribution is -2.49. The van der Waals surface area contributed by atoms with Crippen molar-refractivity contribution >= 4 is 11.9 Å². The first kappa shape index (κ1) is 19.4. The fourth-order valence-corrected chi connectivity index (χ4v) is 3.75. The van der Waals surface area contributed by atoms with Crippen LogP contribution in [0.25, 0.3) is 0 Å². The molecule has 0 radical (unpaired) electrons. The van der Waals surface area contributed by atoms with E-state index in [1.807, 2.05) is 18.2 Å². The number of nitrogens with one attached hydrogen (secondary N) is 3. The van der Waals surface area contributed by atoms with Crippen molar-refractivity contribution in [1.82, 2.24) is 21.1 Å². The Labute approximate surface area is 164 Å². The normalized spacial score (nSPS) is 22.1. The largest absolute Gasteiger partial charge is 0.359 e. The first-order valence-corrected chi connectivity index (χ1v) is 9.32. The van der Waals surface area contributed by atoms with Gasteiger partial charge in [-0.05, 0) is 31.2 Å². The summed E-state index contributed by atoms with van der Waals surface area (Å²) in [5.41, 5.74) is 1.06. The monoisotopic (exact) mass is 380 g/mol. The van der Waals surface area contributed by atoms with Gasteiger partial charge >= 0.3 is 0 Å². The molecule has 0 aliphatic heterocycles. The molecule has 3 N–H and O–H groups in total. The molecule has 1 aromatic carbocycles. The van der Waals surface area contributed by atoms with Crippen LogP contribution in [-0.2, 0) is 5.41 Å². The Morgan fingerprint density at radius 3 is 2.68 bits per heavy atom. The van der Waals surface area contributed by atoms with E-state index < -0.39 is 0 Å². The molecule has 0 atom stereocenters. The third-order valence-electron chi connectivity index (χ3n) is 5.32. The molecule has 1 fully saturated rings. The summed E-state index contributed by atoms with van der Waals surface area (Å²) in [5, 5.41) is 21.5. The Morgan fingerprint density at radius 1 is 1.32 bits per heavy atom. The van der Waals surface area contributed by atoms with E-state index >= 15 is 0 Å². The van der Waals surface area contributed by atoms with E-state index in [-0.39, 0.29) is 23.1 Å². The van der Waals surface area contributed by atoms with Crippen LogP contribution in [0, 0.1) is 11.5 Å².